The van der Waals surface area contributed by atoms with Gasteiger partial charge in [-0.1, -0.05) is 30.3 Å². The van der Waals surface area contributed by atoms with Crippen molar-refractivity contribution in [1.29, 1.82) is 0 Å². The average Bonchev–Trinajstić information content (AvgIpc) is 2.54. The summed E-state index contributed by atoms with van der Waals surface area (Å²) in [6.45, 7) is 0.397. The van der Waals surface area contributed by atoms with Gasteiger partial charge in [0.25, 0.3) is 0 Å². The van der Waals surface area contributed by atoms with Crippen molar-refractivity contribution in [3.05, 3.63) is 60.2 Å². The second-order valence-electron chi connectivity index (χ2n) is 4.60. The number of hydrogen-bond donors (Lipinski definition) is 1. The van der Waals surface area contributed by atoms with E-state index in [1.165, 1.54) is 0 Å². The lowest BCUT2D eigenvalue weighted by molar-refractivity contribution is 0.448. The lowest BCUT2D eigenvalue weighted by Gasteiger charge is -2.12. The molecule has 2 N–H and O–H groups in total. The topological polar surface area (TPSA) is 48.1 Å². The molecule has 4 heteroatoms. The summed E-state index contributed by atoms with van der Waals surface area (Å²) in [5, 5.41) is 1.07. The van der Waals surface area contributed by atoms with Gasteiger partial charge in [-0.2, -0.15) is 0 Å². The van der Waals surface area contributed by atoms with Crippen molar-refractivity contribution in [3.63, 3.8) is 0 Å². The molecule has 3 rings (SSSR count). The average molecular weight is 296 g/mol. The second kappa shape index (κ2) is 6.16. The summed E-state index contributed by atoms with van der Waals surface area (Å²) >= 11 is 1.65. The van der Waals surface area contributed by atoms with Gasteiger partial charge in [0.05, 0.1) is 5.52 Å². The van der Waals surface area contributed by atoms with Crippen LogP contribution in [0.5, 0.6) is 11.6 Å². The quantitative estimate of drug-likeness (QED) is 0.733. The van der Waals surface area contributed by atoms with Gasteiger partial charge in [-0.3, -0.25) is 0 Å². The van der Waals surface area contributed by atoms with E-state index in [0.717, 1.165) is 27.1 Å². The van der Waals surface area contributed by atoms with Crippen molar-refractivity contribution < 1.29 is 4.74 Å². The van der Waals surface area contributed by atoms with Gasteiger partial charge < -0.3 is 10.5 Å². The molecule has 0 unspecified atom stereocenters. The summed E-state index contributed by atoms with van der Waals surface area (Å²) in [6.07, 6.45) is 2.03. The van der Waals surface area contributed by atoms with Crippen LogP contribution >= 0.6 is 11.8 Å². The standard InChI is InChI=1S/C17H16N2OS/c1-21-16-9-5-4-8-15(16)20-17-13(11-18)10-12-6-2-3-7-14(12)19-17/h2-10H,11,18H2,1H3. The highest BCUT2D eigenvalue weighted by molar-refractivity contribution is 7.98. The maximum atomic E-state index is 6.02. The van der Waals surface area contributed by atoms with Gasteiger partial charge in [0.15, 0.2) is 0 Å². The molecule has 0 radical (unpaired) electrons. The first-order valence-electron chi connectivity index (χ1n) is 6.71. The molecule has 0 spiro atoms. The third-order valence-electron chi connectivity index (χ3n) is 3.26. The zero-order chi connectivity index (χ0) is 14.7. The van der Waals surface area contributed by atoms with Gasteiger partial charge in [-0.15, -0.1) is 11.8 Å². The number of nitrogens with two attached hydrogens (primary N) is 1. The fourth-order valence-electron chi connectivity index (χ4n) is 2.18. The highest BCUT2D eigenvalue weighted by atomic mass is 32.2. The van der Waals surface area contributed by atoms with Crippen LogP contribution < -0.4 is 10.5 Å². The molecule has 3 nitrogen and oxygen atoms in total. The SMILES string of the molecule is CSc1ccccc1Oc1nc2ccccc2cc1CN. The molecule has 0 fully saturated rings. The summed E-state index contributed by atoms with van der Waals surface area (Å²) < 4.78 is 6.02. The van der Waals surface area contributed by atoms with E-state index in [1.807, 2.05) is 60.9 Å². The van der Waals surface area contributed by atoms with E-state index < -0.39 is 0 Å². The van der Waals surface area contributed by atoms with E-state index in [4.69, 9.17) is 10.5 Å². The van der Waals surface area contributed by atoms with Crippen LogP contribution in [0.2, 0.25) is 0 Å². The molecule has 0 aliphatic rings. The molecule has 0 saturated carbocycles. The first-order valence-corrected chi connectivity index (χ1v) is 7.94. The molecule has 2 aromatic carbocycles. The molecule has 1 aromatic heterocycles. The minimum absolute atomic E-state index is 0.397. The predicted octanol–water partition coefficient (Wildman–Crippen LogP) is 4.21. The molecule has 0 saturated heterocycles. The van der Waals surface area contributed by atoms with Gasteiger partial charge in [0.2, 0.25) is 5.88 Å². The van der Waals surface area contributed by atoms with Crippen molar-refractivity contribution in [1.82, 2.24) is 4.98 Å². The van der Waals surface area contributed by atoms with Crippen molar-refractivity contribution in [2.45, 2.75) is 11.4 Å². The Morgan fingerprint density at radius 2 is 1.86 bits per heavy atom. The van der Waals surface area contributed by atoms with Gasteiger partial charge in [0.1, 0.15) is 5.75 Å². The zero-order valence-electron chi connectivity index (χ0n) is 11.7. The number of aromatic nitrogens is 1. The van der Waals surface area contributed by atoms with E-state index in [2.05, 4.69) is 4.98 Å². The van der Waals surface area contributed by atoms with Crippen LogP contribution in [0.25, 0.3) is 10.9 Å². The van der Waals surface area contributed by atoms with Crippen molar-refractivity contribution in [2.75, 3.05) is 6.26 Å². The number of hydrogen-bond acceptors (Lipinski definition) is 4. The molecule has 1 heterocycles. The first-order chi connectivity index (χ1) is 10.3. The van der Waals surface area contributed by atoms with E-state index in [0.29, 0.717) is 12.4 Å². The zero-order valence-corrected chi connectivity index (χ0v) is 12.6. The maximum Gasteiger partial charge on any atom is 0.224 e. The Morgan fingerprint density at radius 1 is 1.10 bits per heavy atom. The molecule has 0 amide bonds. The lowest BCUT2D eigenvalue weighted by Crippen LogP contribution is -2.02. The smallest absolute Gasteiger partial charge is 0.224 e. The molecule has 21 heavy (non-hydrogen) atoms. The summed E-state index contributed by atoms with van der Waals surface area (Å²) in [5.41, 5.74) is 7.66. The molecular weight excluding hydrogens is 280 g/mol. The molecule has 3 aromatic rings. The normalized spacial score (nSPS) is 10.8. The van der Waals surface area contributed by atoms with E-state index in [-0.39, 0.29) is 0 Å². The minimum atomic E-state index is 0.397. The van der Waals surface area contributed by atoms with E-state index in [9.17, 15) is 0 Å². The number of pyridine rings is 1. The van der Waals surface area contributed by atoms with Crippen molar-refractivity contribution in [3.8, 4) is 11.6 Å². The van der Waals surface area contributed by atoms with E-state index in [1.54, 1.807) is 11.8 Å². The van der Waals surface area contributed by atoms with Crippen LogP contribution in [-0.4, -0.2) is 11.2 Å². The fraction of sp³-hybridized carbons (Fsp3) is 0.118. The highest BCUT2D eigenvalue weighted by Gasteiger charge is 2.10. The van der Waals surface area contributed by atoms with Gasteiger partial charge in [-0.05, 0) is 30.5 Å². The predicted molar refractivity (Wildman–Crippen MR) is 87.9 cm³/mol. The van der Waals surface area contributed by atoms with Crippen molar-refractivity contribution >= 4 is 22.7 Å². The Balaban J connectivity index is 2.06. The third kappa shape index (κ3) is 2.86. The number of fused-ring (bicyclic) bond motifs is 1. The number of nitrogens with zero attached hydrogens (tertiary/aromatic N) is 1. The summed E-state index contributed by atoms with van der Waals surface area (Å²) in [5.74, 6) is 1.39. The van der Waals surface area contributed by atoms with Crippen molar-refractivity contribution in [2.24, 2.45) is 5.73 Å². The van der Waals surface area contributed by atoms with Gasteiger partial charge >= 0.3 is 0 Å². The third-order valence-corrected chi connectivity index (χ3v) is 4.04. The largest absolute Gasteiger partial charge is 0.437 e. The molecule has 0 aliphatic heterocycles. The Hall–Kier alpha value is -2.04. The number of rotatable bonds is 4. The first kappa shape index (κ1) is 13.9. The summed E-state index contributed by atoms with van der Waals surface area (Å²) in [4.78, 5) is 5.68. The lowest BCUT2D eigenvalue weighted by atomic mass is 10.1. The maximum absolute atomic E-state index is 6.02. The summed E-state index contributed by atoms with van der Waals surface area (Å²) in [7, 11) is 0. The van der Waals surface area contributed by atoms with Crippen LogP contribution in [0, 0.1) is 0 Å². The van der Waals surface area contributed by atoms with Crippen LogP contribution in [0.1, 0.15) is 5.56 Å². The monoisotopic (exact) mass is 296 g/mol. The van der Waals surface area contributed by atoms with E-state index >= 15 is 0 Å². The summed E-state index contributed by atoms with van der Waals surface area (Å²) in [6, 6.07) is 17.9. The Bertz CT molecular complexity index is 774. The molecule has 106 valence electrons. The fourth-order valence-corrected chi connectivity index (χ4v) is 2.71. The Morgan fingerprint density at radius 3 is 2.67 bits per heavy atom. The van der Waals surface area contributed by atoms with Crippen LogP contribution in [0.3, 0.4) is 0 Å². The molecular formula is C17H16N2OS. The number of benzene rings is 2. The Kier molecular flexibility index (Phi) is 4.08. The number of thioether (sulfide) groups is 1. The molecule has 0 aliphatic carbocycles. The van der Waals surface area contributed by atoms with Crippen LogP contribution in [0.15, 0.2) is 59.5 Å². The van der Waals surface area contributed by atoms with Gasteiger partial charge in [0, 0.05) is 22.4 Å². The number of para-hydroxylation sites is 2. The second-order valence-corrected chi connectivity index (χ2v) is 5.45. The van der Waals surface area contributed by atoms with Crippen LogP contribution in [0.4, 0.5) is 0 Å². The molecule has 0 atom stereocenters. The number of ether oxygens (including phenoxy) is 1. The van der Waals surface area contributed by atoms with Gasteiger partial charge in [-0.25, -0.2) is 4.98 Å². The molecule has 0 bridgehead atoms. The van der Waals surface area contributed by atoms with Crippen LogP contribution in [-0.2, 0) is 6.54 Å². The highest BCUT2D eigenvalue weighted by Crippen LogP contribution is 2.32. The minimum Gasteiger partial charge on any atom is -0.437 e. The Labute approximate surface area is 128 Å².